The minimum atomic E-state index is -0.0170. The summed E-state index contributed by atoms with van der Waals surface area (Å²) in [6.07, 6.45) is 9.41. The SMILES string of the molecule is C=C1/C=C(O/C(=C\C)Nc2ccc(C(C)C)cc2)\C=C/CNC2NCC[C@@]12C. The van der Waals surface area contributed by atoms with E-state index in [1.807, 2.05) is 19.1 Å². The van der Waals surface area contributed by atoms with Gasteiger partial charge >= 0.3 is 0 Å². The van der Waals surface area contributed by atoms with E-state index in [4.69, 9.17) is 4.74 Å². The summed E-state index contributed by atoms with van der Waals surface area (Å²) in [6.45, 7) is 14.8. The van der Waals surface area contributed by atoms with Crippen molar-refractivity contribution >= 4 is 5.69 Å². The lowest BCUT2D eigenvalue weighted by Crippen LogP contribution is -2.47. The third-order valence-electron chi connectivity index (χ3n) is 5.74. The Morgan fingerprint density at radius 2 is 2.04 bits per heavy atom. The van der Waals surface area contributed by atoms with Crippen LogP contribution in [-0.2, 0) is 4.74 Å². The van der Waals surface area contributed by atoms with E-state index in [9.17, 15) is 0 Å². The van der Waals surface area contributed by atoms with Gasteiger partial charge in [-0.3, -0.25) is 5.32 Å². The molecule has 2 aliphatic rings. The quantitative estimate of drug-likeness (QED) is 0.628. The monoisotopic (exact) mass is 379 g/mol. The van der Waals surface area contributed by atoms with E-state index in [1.165, 1.54) is 5.56 Å². The fraction of sp³-hybridized carbons (Fsp3) is 0.417. The maximum atomic E-state index is 6.19. The zero-order valence-electron chi connectivity index (χ0n) is 17.5. The molecule has 150 valence electrons. The first-order valence-electron chi connectivity index (χ1n) is 10.2. The van der Waals surface area contributed by atoms with E-state index in [0.29, 0.717) is 11.8 Å². The average Bonchev–Trinajstić information content (AvgIpc) is 3.07. The number of hydrogen-bond donors (Lipinski definition) is 3. The van der Waals surface area contributed by atoms with Crippen LogP contribution in [0.4, 0.5) is 5.69 Å². The van der Waals surface area contributed by atoms with Crippen molar-refractivity contribution in [2.24, 2.45) is 5.41 Å². The number of nitrogens with one attached hydrogen (secondary N) is 3. The van der Waals surface area contributed by atoms with Gasteiger partial charge in [-0.05, 0) is 67.3 Å². The summed E-state index contributed by atoms with van der Waals surface area (Å²) in [4.78, 5) is 0. The van der Waals surface area contributed by atoms with E-state index in [0.717, 1.165) is 36.5 Å². The molecule has 1 saturated heterocycles. The molecule has 0 amide bonds. The van der Waals surface area contributed by atoms with Gasteiger partial charge in [0, 0.05) is 17.6 Å². The zero-order chi connectivity index (χ0) is 20.1. The van der Waals surface area contributed by atoms with Crippen LogP contribution in [0.15, 0.2) is 72.4 Å². The molecule has 0 aliphatic carbocycles. The van der Waals surface area contributed by atoms with Crippen molar-refractivity contribution in [2.75, 3.05) is 18.4 Å². The Hall–Kier alpha value is -2.30. The summed E-state index contributed by atoms with van der Waals surface area (Å²) < 4.78 is 6.19. The Labute approximate surface area is 169 Å². The van der Waals surface area contributed by atoms with Crippen molar-refractivity contribution in [3.8, 4) is 0 Å². The molecule has 2 atom stereocenters. The van der Waals surface area contributed by atoms with Gasteiger partial charge in [0.1, 0.15) is 5.76 Å². The molecule has 2 aliphatic heterocycles. The molecule has 0 bridgehead atoms. The van der Waals surface area contributed by atoms with Crippen LogP contribution in [-0.4, -0.2) is 19.3 Å². The van der Waals surface area contributed by atoms with Crippen LogP contribution in [0.5, 0.6) is 0 Å². The number of rotatable bonds is 5. The second-order valence-electron chi connectivity index (χ2n) is 8.09. The van der Waals surface area contributed by atoms with Crippen LogP contribution >= 0.6 is 0 Å². The Bertz CT molecular complexity index is 789. The van der Waals surface area contributed by atoms with Gasteiger partial charge in [-0.15, -0.1) is 0 Å². The first-order valence-corrected chi connectivity index (χ1v) is 10.2. The number of ether oxygens (including phenoxy) is 1. The predicted molar refractivity (Wildman–Crippen MR) is 118 cm³/mol. The number of anilines is 1. The van der Waals surface area contributed by atoms with Crippen LogP contribution in [0.25, 0.3) is 0 Å². The minimum absolute atomic E-state index is 0.0170. The van der Waals surface area contributed by atoms with E-state index in [2.05, 4.69) is 79.7 Å². The first-order chi connectivity index (χ1) is 13.4. The number of benzene rings is 1. The Morgan fingerprint density at radius 1 is 1.29 bits per heavy atom. The molecule has 0 spiro atoms. The highest BCUT2D eigenvalue weighted by atomic mass is 16.5. The molecule has 0 radical (unpaired) electrons. The van der Waals surface area contributed by atoms with Gasteiger partial charge < -0.3 is 15.4 Å². The minimum Gasteiger partial charge on any atom is -0.441 e. The summed E-state index contributed by atoms with van der Waals surface area (Å²) in [5, 5.41) is 10.5. The van der Waals surface area contributed by atoms with E-state index < -0.39 is 0 Å². The molecule has 1 unspecified atom stereocenters. The van der Waals surface area contributed by atoms with Crippen molar-refractivity contribution in [3.05, 3.63) is 77.9 Å². The second-order valence-corrected chi connectivity index (χ2v) is 8.09. The van der Waals surface area contributed by atoms with Gasteiger partial charge in [-0.2, -0.15) is 0 Å². The third kappa shape index (κ3) is 4.57. The number of fused-ring (bicyclic) bond motifs is 1. The summed E-state index contributed by atoms with van der Waals surface area (Å²) in [5.74, 6) is 2.02. The van der Waals surface area contributed by atoms with Crippen LogP contribution < -0.4 is 16.0 Å². The predicted octanol–water partition coefficient (Wildman–Crippen LogP) is 5.03. The smallest absolute Gasteiger partial charge is 0.193 e. The van der Waals surface area contributed by atoms with Gasteiger partial charge in [0.05, 0.1) is 6.17 Å². The summed E-state index contributed by atoms with van der Waals surface area (Å²) in [6, 6.07) is 8.49. The molecule has 0 aromatic heterocycles. The highest BCUT2D eigenvalue weighted by Gasteiger charge is 2.40. The Balaban J connectivity index is 1.74. The lowest BCUT2D eigenvalue weighted by atomic mass is 9.79. The molecule has 1 aromatic rings. The zero-order valence-corrected chi connectivity index (χ0v) is 17.5. The molecule has 4 nitrogen and oxygen atoms in total. The van der Waals surface area contributed by atoms with Crippen LogP contribution in [0.1, 0.15) is 45.6 Å². The average molecular weight is 380 g/mol. The van der Waals surface area contributed by atoms with E-state index in [1.54, 1.807) is 0 Å². The third-order valence-corrected chi connectivity index (χ3v) is 5.74. The van der Waals surface area contributed by atoms with Gasteiger partial charge in [-0.25, -0.2) is 0 Å². The highest BCUT2D eigenvalue weighted by molar-refractivity contribution is 5.49. The molecular formula is C24H33N3O. The number of hydrogen-bond acceptors (Lipinski definition) is 4. The topological polar surface area (TPSA) is 45.3 Å². The highest BCUT2D eigenvalue weighted by Crippen LogP contribution is 2.38. The van der Waals surface area contributed by atoms with Gasteiger partial charge in [0.2, 0.25) is 0 Å². The molecule has 1 aromatic carbocycles. The fourth-order valence-corrected chi connectivity index (χ4v) is 3.68. The van der Waals surface area contributed by atoms with Gasteiger partial charge in [0.25, 0.3) is 0 Å². The maximum Gasteiger partial charge on any atom is 0.193 e. The van der Waals surface area contributed by atoms with Crippen molar-refractivity contribution in [3.63, 3.8) is 0 Å². The van der Waals surface area contributed by atoms with E-state index in [-0.39, 0.29) is 11.6 Å². The summed E-state index contributed by atoms with van der Waals surface area (Å²) in [7, 11) is 0. The normalized spacial score (nSPS) is 28.6. The maximum absolute atomic E-state index is 6.19. The Kier molecular flexibility index (Phi) is 6.42. The molecule has 3 rings (SSSR count). The standard InChI is InChI=1S/C24H33N3O/c1-6-22(27-20-11-9-19(10-12-20)17(2)3)28-21-8-7-14-25-23-24(5,13-15-26-23)18(4)16-21/h6-12,16-17,23,25-27H,4,13-15H2,1-3,5H3/b8-7-,21-16+,22-6-/t23?,24-/m0/s1. The largest absolute Gasteiger partial charge is 0.441 e. The first kappa shape index (κ1) is 20.4. The molecule has 2 heterocycles. The lowest BCUT2D eigenvalue weighted by Gasteiger charge is -2.32. The molecule has 1 fully saturated rings. The molecule has 0 saturated carbocycles. The van der Waals surface area contributed by atoms with Gasteiger partial charge in [-0.1, -0.05) is 45.6 Å². The van der Waals surface area contributed by atoms with Gasteiger partial charge in [0.15, 0.2) is 5.88 Å². The van der Waals surface area contributed by atoms with Crippen LogP contribution in [0, 0.1) is 5.41 Å². The Morgan fingerprint density at radius 3 is 2.71 bits per heavy atom. The summed E-state index contributed by atoms with van der Waals surface area (Å²) >= 11 is 0. The van der Waals surface area contributed by atoms with Crippen molar-refractivity contribution in [1.82, 2.24) is 10.6 Å². The lowest BCUT2D eigenvalue weighted by molar-refractivity contribution is 0.301. The van der Waals surface area contributed by atoms with Crippen LogP contribution in [0.3, 0.4) is 0 Å². The van der Waals surface area contributed by atoms with Crippen LogP contribution in [0.2, 0.25) is 0 Å². The molecule has 4 heteroatoms. The summed E-state index contributed by atoms with van der Waals surface area (Å²) in [5.41, 5.74) is 3.40. The molecule has 3 N–H and O–H groups in total. The second kappa shape index (κ2) is 8.80. The number of allylic oxidation sites excluding steroid dienone is 3. The van der Waals surface area contributed by atoms with Crippen molar-refractivity contribution < 1.29 is 4.74 Å². The van der Waals surface area contributed by atoms with Crippen molar-refractivity contribution in [2.45, 2.75) is 46.2 Å². The molecule has 28 heavy (non-hydrogen) atoms. The fourth-order valence-electron chi connectivity index (χ4n) is 3.68. The van der Waals surface area contributed by atoms with Crippen molar-refractivity contribution in [1.29, 1.82) is 0 Å². The molecular weight excluding hydrogens is 346 g/mol. The van der Waals surface area contributed by atoms with E-state index >= 15 is 0 Å².